The summed E-state index contributed by atoms with van der Waals surface area (Å²) in [6.07, 6.45) is 7.77. The lowest BCUT2D eigenvalue weighted by atomic mass is 10.1. The highest BCUT2D eigenvalue weighted by Crippen LogP contribution is 2.38. The lowest BCUT2D eigenvalue weighted by molar-refractivity contribution is 0.212. The summed E-state index contributed by atoms with van der Waals surface area (Å²) in [5.41, 5.74) is 10.0. The predicted molar refractivity (Wildman–Crippen MR) is 134 cm³/mol. The van der Waals surface area contributed by atoms with E-state index in [-0.39, 0.29) is 0 Å². The van der Waals surface area contributed by atoms with Gasteiger partial charge in [-0.25, -0.2) is 4.99 Å². The molecule has 0 bridgehead atoms. The summed E-state index contributed by atoms with van der Waals surface area (Å²) >= 11 is 0. The van der Waals surface area contributed by atoms with Gasteiger partial charge in [-0.2, -0.15) is 5.10 Å². The highest BCUT2D eigenvalue weighted by molar-refractivity contribution is 7.70. The van der Waals surface area contributed by atoms with Gasteiger partial charge in [0.25, 0.3) is 0 Å². The minimum atomic E-state index is -2.49. The fourth-order valence-corrected chi connectivity index (χ4v) is 5.69. The number of nitrogens with one attached hydrogen (secondary N) is 3. The molecule has 10 heteroatoms. The number of H-pyrrole nitrogens is 1. The molecule has 2 aromatic heterocycles. The number of likely N-dealkylation sites (tertiary alicyclic amines) is 1. The number of anilines is 2. The van der Waals surface area contributed by atoms with Crippen LogP contribution in [0.3, 0.4) is 0 Å². The van der Waals surface area contributed by atoms with Crippen LogP contribution in [0, 0.1) is 0 Å². The van der Waals surface area contributed by atoms with E-state index >= 15 is 0 Å². The summed E-state index contributed by atoms with van der Waals surface area (Å²) in [7, 11) is -0.341. The first kappa shape index (κ1) is 21.9. The van der Waals surface area contributed by atoms with E-state index in [1.807, 2.05) is 47.4 Å². The van der Waals surface area contributed by atoms with Crippen molar-refractivity contribution < 1.29 is 4.57 Å². The van der Waals surface area contributed by atoms with Crippen molar-refractivity contribution in [3.05, 3.63) is 60.2 Å². The van der Waals surface area contributed by atoms with Gasteiger partial charge in [-0.05, 0) is 64.5 Å². The lowest BCUT2D eigenvalue weighted by Crippen LogP contribution is -2.47. The highest BCUT2D eigenvalue weighted by atomic mass is 31.2. The van der Waals surface area contributed by atoms with Crippen LogP contribution in [0.1, 0.15) is 30.1 Å². The molecule has 2 aliphatic rings. The average molecular weight is 467 g/mol. The molecule has 0 saturated carbocycles. The van der Waals surface area contributed by atoms with E-state index in [2.05, 4.69) is 32.7 Å². The number of amidine groups is 1. The van der Waals surface area contributed by atoms with Crippen LogP contribution in [-0.4, -0.2) is 59.0 Å². The fourth-order valence-electron chi connectivity index (χ4n) is 4.53. The Balaban J connectivity index is 1.49. The maximum absolute atomic E-state index is 12.9. The van der Waals surface area contributed by atoms with Crippen molar-refractivity contribution in [2.45, 2.75) is 24.7 Å². The maximum Gasteiger partial charge on any atom is 0.214 e. The van der Waals surface area contributed by atoms with Crippen LogP contribution in [0.5, 0.6) is 0 Å². The van der Waals surface area contributed by atoms with Gasteiger partial charge in [0.05, 0.1) is 29.2 Å². The van der Waals surface area contributed by atoms with Gasteiger partial charge >= 0.3 is 0 Å². The fraction of sp³-hybridized carbons (Fsp3) is 0.391. The molecule has 9 nitrogen and oxygen atoms in total. The van der Waals surface area contributed by atoms with Crippen LogP contribution >= 0.6 is 7.14 Å². The normalized spacial score (nSPS) is 21.9. The van der Waals surface area contributed by atoms with Crippen LogP contribution < -0.4 is 21.7 Å². The van der Waals surface area contributed by atoms with Gasteiger partial charge in [-0.1, -0.05) is 12.1 Å². The van der Waals surface area contributed by atoms with E-state index in [9.17, 15) is 4.57 Å². The van der Waals surface area contributed by atoms with Crippen molar-refractivity contribution in [1.29, 1.82) is 0 Å². The van der Waals surface area contributed by atoms with Crippen LogP contribution in [0.15, 0.2) is 53.9 Å². The van der Waals surface area contributed by atoms with Crippen LogP contribution in [0.4, 0.5) is 11.4 Å². The number of piperidine rings is 1. The van der Waals surface area contributed by atoms with Crippen LogP contribution in [0.2, 0.25) is 0 Å². The van der Waals surface area contributed by atoms with E-state index < -0.39 is 12.9 Å². The number of hydrogen-bond donors (Lipinski definition) is 4. The third-order valence-corrected chi connectivity index (χ3v) is 7.99. The second-order valence-corrected chi connectivity index (χ2v) is 12.5. The molecule has 3 aromatic rings. The number of benzene rings is 1. The number of hydrogen-bond acceptors (Lipinski definition) is 7. The van der Waals surface area contributed by atoms with Crippen molar-refractivity contribution in [2.75, 3.05) is 44.1 Å². The molecule has 1 fully saturated rings. The minimum absolute atomic E-state index is 0.363. The van der Waals surface area contributed by atoms with E-state index in [4.69, 9.17) is 10.7 Å². The smallest absolute Gasteiger partial charge is 0.214 e. The zero-order valence-electron chi connectivity index (χ0n) is 19.2. The second-order valence-electron chi connectivity index (χ2n) is 9.35. The van der Waals surface area contributed by atoms with Crippen LogP contribution in [0.25, 0.3) is 0 Å². The second kappa shape index (κ2) is 8.17. The summed E-state index contributed by atoms with van der Waals surface area (Å²) in [6, 6.07) is 9.92. The Hall–Kier alpha value is -2.87. The highest BCUT2D eigenvalue weighted by Gasteiger charge is 2.36. The molecule has 0 spiro atoms. The standard InChI is InChI=1S/C23H31N8OP/c1-30-12-9-17(10-13-30)31-15-16(14-26-31)23(24)28-19-8-11-25-21(19)22(29-23)27-18-6-4-5-7-20(18)33(2,3)32/h4-8,11,14-15,17,25,28H,9-10,12-13,24H2,1-3H3,(H,27,29). The Morgan fingerprint density at radius 3 is 2.73 bits per heavy atom. The molecule has 2 aliphatic heterocycles. The first-order valence-corrected chi connectivity index (χ1v) is 13.8. The van der Waals surface area contributed by atoms with Gasteiger partial charge in [-0.3, -0.25) is 10.4 Å². The first-order valence-electron chi connectivity index (χ1n) is 11.2. The maximum atomic E-state index is 12.9. The molecule has 1 unspecified atom stereocenters. The summed E-state index contributed by atoms with van der Waals surface area (Å²) in [6.45, 7) is 5.65. The molecule has 4 heterocycles. The molecule has 0 aliphatic carbocycles. The largest absolute Gasteiger partial charge is 0.357 e. The first-order chi connectivity index (χ1) is 15.7. The Labute approximate surface area is 193 Å². The topological polar surface area (TPSA) is 116 Å². The van der Waals surface area contributed by atoms with Gasteiger partial charge in [0.15, 0.2) is 5.84 Å². The Morgan fingerprint density at radius 1 is 1.21 bits per heavy atom. The molecule has 33 heavy (non-hydrogen) atoms. The average Bonchev–Trinajstić information content (AvgIpc) is 3.44. The number of rotatable bonds is 4. The molecule has 5 rings (SSSR count). The number of fused-ring (bicyclic) bond motifs is 1. The zero-order valence-corrected chi connectivity index (χ0v) is 20.1. The summed E-state index contributed by atoms with van der Waals surface area (Å²) in [5.74, 6) is -0.595. The third-order valence-electron chi connectivity index (χ3n) is 6.44. The van der Waals surface area contributed by atoms with E-state index in [0.717, 1.165) is 53.9 Å². The van der Waals surface area contributed by atoms with Gasteiger partial charge < -0.3 is 25.1 Å². The number of nitrogens with zero attached hydrogens (tertiary/aromatic N) is 4. The molecule has 1 atom stereocenters. The number of aromatic amines is 1. The molecule has 0 radical (unpaired) electrons. The molecule has 0 amide bonds. The van der Waals surface area contributed by atoms with Gasteiger partial charge in [0.2, 0.25) is 5.79 Å². The molecule has 174 valence electrons. The van der Waals surface area contributed by atoms with Gasteiger partial charge in [0, 0.05) is 17.7 Å². The van der Waals surface area contributed by atoms with Crippen molar-refractivity contribution in [1.82, 2.24) is 19.7 Å². The Kier molecular flexibility index (Phi) is 5.43. The summed E-state index contributed by atoms with van der Waals surface area (Å²) in [5, 5.41) is 12.2. The zero-order chi connectivity index (χ0) is 23.2. The van der Waals surface area contributed by atoms with Crippen molar-refractivity contribution in [2.24, 2.45) is 10.7 Å². The predicted octanol–water partition coefficient (Wildman–Crippen LogP) is 2.78. The van der Waals surface area contributed by atoms with Crippen LogP contribution in [-0.2, 0) is 10.4 Å². The number of aliphatic imine (C=N–C) groups is 1. The Bertz CT molecular complexity index is 1230. The lowest BCUT2D eigenvalue weighted by Gasteiger charge is -2.32. The molecule has 1 aromatic carbocycles. The van der Waals surface area contributed by atoms with Crippen molar-refractivity contribution in [3.63, 3.8) is 0 Å². The third kappa shape index (κ3) is 4.24. The van der Waals surface area contributed by atoms with E-state index in [0.29, 0.717) is 11.9 Å². The summed E-state index contributed by atoms with van der Waals surface area (Å²) < 4.78 is 14.9. The Morgan fingerprint density at radius 2 is 1.97 bits per heavy atom. The minimum Gasteiger partial charge on any atom is -0.357 e. The molecule has 1 saturated heterocycles. The van der Waals surface area contributed by atoms with Gasteiger partial charge in [-0.15, -0.1) is 0 Å². The van der Waals surface area contributed by atoms with E-state index in [1.165, 1.54) is 0 Å². The summed E-state index contributed by atoms with van der Waals surface area (Å²) in [4.78, 5) is 10.4. The molecular weight excluding hydrogens is 435 g/mol. The number of aromatic nitrogens is 3. The van der Waals surface area contributed by atoms with E-state index in [1.54, 1.807) is 19.5 Å². The van der Waals surface area contributed by atoms with Crippen molar-refractivity contribution >= 4 is 29.7 Å². The number of nitrogens with two attached hydrogens (primary N) is 1. The SMILES string of the molecule is CN1CCC(n2cc(C3(N)N=C(Nc4ccccc4P(C)(C)=O)c4[nH]ccc4N3)cn2)CC1. The quantitative estimate of drug-likeness (QED) is 0.440. The number of para-hydroxylation sites is 1. The monoisotopic (exact) mass is 466 g/mol. The van der Waals surface area contributed by atoms with Gasteiger partial charge in [0.1, 0.15) is 12.8 Å². The molecule has 5 N–H and O–H groups in total. The van der Waals surface area contributed by atoms with Crippen molar-refractivity contribution in [3.8, 4) is 0 Å². The molecular formula is C23H31N8OP.